The first-order valence-electron chi connectivity index (χ1n) is 15.3. The highest BCUT2D eigenvalue weighted by molar-refractivity contribution is 6.13. The molecule has 9 aromatic rings. The maximum absolute atomic E-state index is 6.13. The first-order chi connectivity index (χ1) is 23.3. The van der Waals surface area contributed by atoms with Gasteiger partial charge in [-0.3, -0.25) is 4.98 Å². The van der Waals surface area contributed by atoms with Crippen LogP contribution in [0.3, 0.4) is 0 Å². The van der Waals surface area contributed by atoms with Crippen LogP contribution in [0.1, 0.15) is 0 Å². The number of fused-ring (bicyclic) bond motifs is 4. The van der Waals surface area contributed by atoms with Crippen molar-refractivity contribution in [3.8, 4) is 56.7 Å². The number of para-hydroxylation sites is 1. The quantitative estimate of drug-likeness (QED) is 0.193. The molecule has 0 aliphatic heterocycles. The lowest BCUT2D eigenvalue weighted by molar-refractivity contribution is 0.668. The molecule has 220 valence electrons. The van der Waals surface area contributed by atoms with Crippen molar-refractivity contribution in [2.24, 2.45) is 0 Å². The van der Waals surface area contributed by atoms with Gasteiger partial charge in [0.25, 0.3) is 0 Å². The molecule has 0 N–H and O–H groups in total. The van der Waals surface area contributed by atoms with Crippen LogP contribution >= 0.6 is 0 Å². The van der Waals surface area contributed by atoms with E-state index in [4.69, 9.17) is 29.3 Å². The van der Waals surface area contributed by atoms with Crippen LogP contribution in [-0.2, 0) is 0 Å². The number of rotatable bonds is 5. The van der Waals surface area contributed by atoms with Crippen LogP contribution in [0.25, 0.3) is 89.5 Å². The Balaban J connectivity index is 1.13. The molecule has 0 aliphatic rings. The average molecular weight is 605 g/mol. The Hall–Kier alpha value is -6.60. The summed E-state index contributed by atoms with van der Waals surface area (Å²) in [5.74, 6) is 1.88. The molecular formula is C40H24N6O. The zero-order chi connectivity index (χ0) is 31.2. The van der Waals surface area contributed by atoms with E-state index in [0.29, 0.717) is 17.5 Å². The molecule has 9 rings (SSSR count). The molecule has 7 nitrogen and oxygen atoms in total. The number of hydrogen-bond acceptors (Lipinski definition) is 7. The minimum absolute atomic E-state index is 0.616. The highest BCUT2D eigenvalue weighted by atomic mass is 16.3. The van der Waals surface area contributed by atoms with Crippen molar-refractivity contribution in [2.75, 3.05) is 0 Å². The Labute approximate surface area is 269 Å². The lowest BCUT2D eigenvalue weighted by Crippen LogP contribution is -2.00. The standard InChI is InChI=1S/C40H24N6O/c1-3-9-26(10-4-1)38-44-39(27-11-5-2-6-12-27)46-40(45-38)28-17-15-25(16-18-28)29-19-20-32-31(23-29)36(43-24-42-32)37-35-30-13-7-8-14-33(30)47-34(35)21-22-41-37/h1-24H. The summed E-state index contributed by atoms with van der Waals surface area (Å²) < 4.78 is 6.13. The lowest BCUT2D eigenvalue weighted by atomic mass is 9.99. The second-order valence-electron chi connectivity index (χ2n) is 11.2. The molecule has 0 radical (unpaired) electrons. The summed E-state index contributed by atoms with van der Waals surface area (Å²) in [7, 11) is 0. The van der Waals surface area contributed by atoms with Crippen molar-refractivity contribution in [3.63, 3.8) is 0 Å². The fourth-order valence-corrected chi connectivity index (χ4v) is 6.02. The first kappa shape index (κ1) is 26.8. The van der Waals surface area contributed by atoms with Crippen LogP contribution in [0.15, 0.2) is 150 Å². The van der Waals surface area contributed by atoms with Crippen molar-refractivity contribution in [1.82, 2.24) is 29.9 Å². The minimum atomic E-state index is 0.616. The van der Waals surface area contributed by atoms with Gasteiger partial charge in [-0.15, -0.1) is 0 Å². The first-order valence-corrected chi connectivity index (χ1v) is 15.3. The highest BCUT2D eigenvalue weighted by Gasteiger charge is 2.18. The predicted molar refractivity (Wildman–Crippen MR) is 185 cm³/mol. The van der Waals surface area contributed by atoms with Crippen LogP contribution in [0.4, 0.5) is 0 Å². The molecule has 0 unspecified atom stereocenters. The lowest BCUT2D eigenvalue weighted by Gasteiger charge is -2.10. The molecule has 0 saturated carbocycles. The fourth-order valence-electron chi connectivity index (χ4n) is 6.02. The average Bonchev–Trinajstić information content (AvgIpc) is 3.54. The molecular weight excluding hydrogens is 580 g/mol. The van der Waals surface area contributed by atoms with E-state index < -0.39 is 0 Å². The molecule has 7 heteroatoms. The summed E-state index contributed by atoms with van der Waals surface area (Å²) in [6.07, 6.45) is 3.36. The van der Waals surface area contributed by atoms with Crippen molar-refractivity contribution >= 4 is 32.8 Å². The predicted octanol–water partition coefficient (Wildman–Crippen LogP) is 9.44. The summed E-state index contributed by atoms with van der Waals surface area (Å²) >= 11 is 0. The van der Waals surface area contributed by atoms with Gasteiger partial charge in [0.2, 0.25) is 0 Å². The molecule has 0 aliphatic carbocycles. The molecule has 47 heavy (non-hydrogen) atoms. The van der Waals surface area contributed by atoms with Gasteiger partial charge in [-0.2, -0.15) is 0 Å². The molecule has 0 atom stereocenters. The van der Waals surface area contributed by atoms with E-state index in [1.54, 1.807) is 12.5 Å². The largest absolute Gasteiger partial charge is 0.456 e. The smallest absolute Gasteiger partial charge is 0.164 e. The Morgan fingerprint density at radius 3 is 1.70 bits per heavy atom. The van der Waals surface area contributed by atoms with Gasteiger partial charge in [0.05, 0.1) is 10.9 Å². The van der Waals surface area contributed by atoms with E-state index in [9.17, 15) is 0 Å². The van der Waals surface area contributed by atoms with Gasteiger partial charge in [0.1, 0.15) is 28.9 Å². The van der Waals surface area contributed by atoms with Gasteiger partial charge in [0, 0.05) is 33.7 Å². The van der Waals surface area contributed by atoms with Crippen LogP contribution < -0.4 is 0 Å². The Bertz CT molecular complexity index is 2510. The number of pyridine rings is 1. The summed E-state index contributed by atoms with van der Waals surface area (Å²) in [5.41, 5.74) is 8.83. The van der Waals surface area contributed by atoms with Crippen LogP contribution in [-0.4, -0.2) is 29.9 Å². The van der Waals surface area contributed by atoms with Crippen molar-refractivity contribution < 1.29 is 4.42 Å². The van der Waals surface area contributed by atoms with Gasteiger partial charge in [0.15, 0.2) is 17.5 Å². The SMILES string of the molecule is c1ccc(-c2nc(-c3ccccc3)nc(-c3ccc(-c4ccc5ncnc(-c6nccc7oc8ccccc8c67)c5c4)cc3)n2)cc1. The van der Waals surface area contributed by atoms with Gasteiger partial charge in [-0.1, -0.05) is 109 Å². The van der Waals surface area contributed by atoms with E-state index >= 15 is 0 Å². The van der Waals surface area contributed by atoms with E-state index in [1.807, 2.05) is 91.0 Å². The third kappa shape index (κ3) is 4.78. The number of aromatic nitrogens is 6. The molecule has 5 aromatic carbocycles. The van der Waals surface area contributed by atoms with Gasteiger partial charge in [-0.25, -0.2) is 24.9 Å². The van der Waals surface area contributed by atoms with E-state index in [0.717, 1.165) is 72.0 Å². The van der Waals surface area contributed by atoms with Gasteiger partial charge in [-0.05, 0) is 35.4 Å². The van der Waals surface area contributed by atoms with E-state index in [2.05, 4.69) is 47.4 Å². The van der Waals surface area contributed by atoms with Crippen LogP contribution in [0, 0.1) is 0 Å². The summed E-state index contributed by atoms with van der Waals surface area (Å²) in [5, 5.41) is 2.87. The zero-order valence-electron chi connectivity index (χ0n) is 24.9. The Morgan fingerprint density at radius 2 is 1.00 bits per heavy atom. The van der Waals surface area contributed by atoms with Crippen LogP contribution in [0.5, 0.6) is 0 Å². The molecule has 0 fully saturated rings. The molecule has 0 saturated heterocycles. The summed E-state index contributed by atoms with van der Waals surface area (Å²) in [6, 6.07) is 44.4. The van der Waals surface area contributed by atoms with Gasteiger partial charge >= 0.3 is 0 Å². The zero-order valence-corrected chi connectivity index (χ0v) is 24.9. The fraction of sp³-hybridized carbons (Fsp3) is 0. The van der Waals surface area contributed by atoms with Crippen LogP contribution in [0.2, 0.25) is 0 Å². The van der Waals surface area contributed by atoms with Crippen molar-refractivity contribution in [2.45, 2.75) is 0 Å². The van der Waals surface area contributed by atoms with E-state index in [-0.39, 0.29) is 0 Å². The third-order valence-electron chi connectivity index (χ3n) is 8.32. The normalized spacial score (nSPS) is 11.4. The molecule has 4 aromatic heterocycles. The molecule has 0 spiro atoms. The van der Waals surface area contributed by atoms with Gasteiger partial charge < -0.3 is 4.42 Å². The molecule has 0 bridgehead atoms. The number of hydrogen-bond donors (Lipinski definition) is 0. The highest BCUT2D eigenvalue weighted by Crippen LogP contribution is 2.37. The second kappa shape index (κ2) is 11.1. The van der Waals surface area contributed by atoms with Crippen molar-refractivity contribution in [1.29, 1.82) is 0 Å². The second-order valence-corrected chi connectivity index (χ2v) is 11.2. The third-order valence-corrected chi connectivity index (χ3v) is 8.32. The summed E-state index contributed by atoms with van der Waals surface area (Å²) in [4.78, 5) is 28.7. The summed E-state index contributed by atoms with van der Waals surface area (Å²) in [6.45, 7) is 0. The molecule has 4 heterocycles. The van der Waals surface area contributed by atoms with E-state index in [1.165, 1.54) is 0 Å². The van der Waals surface area contributed by atoms with Crippen molar-refractivity contribution in [3.05, 3.63) is 146 Å². The topological polar surface area (TPSA) is 90.5 Å². The Kier molecular flexibility index (Phi) is 6.31. The number of nitrogens with zero attached hydrogens (tertiary/aromatic N) is 6. The molecule has 0 amide bonds. The number of furan rings is 1. The monoisotopic (exact) mass is 604 g/mol. The Morgan fingerprint density at radius 1 is 0.404 bits per heavy atom. The minimum Gasteiger partial charge on any atom is -0.456 e. The maximum atomic E-state index is 6.13. The number of benzene rings is 5. The maximum Gasteiger partial charge on any atom is 0.164 e.